The summed E-state index contributed by atoms with van der Waals surface area (Å²) in [5.74, 6) is -2.01. The lowest BCUT2D eigenvalue weighted by atomic mass is 9.88. The topological polar surface area (TPSA) is 70.1 Å². The van der Waals surface area contributed by atoms with E-state index in [2.05, 4.69) is 0 Å². The molecular formula is C21H24F2N2O4. The van der Waals surface area contributed by atoms with E-state index >= 15 is 0 Å². The van der Waals surface area contributed by atoms with Gasteiger partial charge in [0.1, 0.15) is 11.6 Å². The highest BCUT2D eigenvalue weighted by Crippen LogP contribution is 2.44. The normalized spacial score (nSPS) is 24.8. The molecule has 0 radical (unpaired) electrons. The van der Waals surface area contributed by atoms with Crippen molar-refractivity contribution in [2.45, 2.75) is 50.3 Å². The Kier molecular flexibility index (Phi) is 5.29. The molecule has 4 rings (SSSR count). The van der Waals surface area contributed by atoms with Crippen molar-refractivity contribution in [2.75, 3.05) is 20.2 Å². The summed E-state index contributed by atoms with van der Waals surface area (Å²) >= 11 is 0. The molecule has 156 valence electrons. The van der Waals surface area contributed by atoms with Crippen LogP contribution in [0, 0.1) is 11.6 Å². The third kappa shape index (κ3) is 3.50. The fourth-order valence-corrected chi connectivity index (χ4v) is 4.78. The zero-order valence-corrected chi connectivity index (χ0v) is 16.2. The molecule has 2 fully saturated rings. The first-order valence-electron chi connectivity index (χ1n) is 9.92. The summed E-state index contributed by atoms with van der Waals surface area (Å²) in [6, 6.07) is 2.48. The number of esters is 1. The maximum Gasteiger partial charge on any atom is 0.336 e. The zero-order chi connectivity index (χ0) is 20.7. The number of aliphatic hydroxyl groups is 1. The number of carbonyl (C=O) groups is 2. The van der Waals surface area contributed by atoms with Crippen molar-refractivity contribution in [3.63, 3.8) is 0 Å². The van der Waals surface area contributed by atoms with Crippen LogP contribution in [-0.2, 0) is 9.53 Å². The van der Waals surface area contributed by atoms with Gasteiger partial charge in [0.15, 0.2) is 0 Å². The largest absolute Gasteiger partial charge is 0.466 e. The van der Waals surface area contributed by atoms with Crippen LogP contribution in [0.5, 0.6) is 0 Å². The molecule has 0 saturated carbocycles. The van der Waals surface area contributed by atoms with E-state index in [1.54, 1.807) is 9.80 Å². The number of benzene rings is 1. The minimum Gasteiger partial charge on any atom is -0.466 e. The number of rotatable bonds is 2. The van der Waals surface area contributed by atoms with Crippen LogP contribution in [0.3, 0.4) is 0 Å². The second-order valence-corrected chi connectivity index (χ2v) is 7.87. The molecule has 3 aliphatic rings. The summed E-state index contributed by atoms with van der Waals surface area (Å²) in [7, 11) is 1.26. The lowest BCUT2D eigenvalue weighted by molar-refractivity contribution is -0.136. The fraction of sp³-hybridized carbons (Fsp3) is 0.524. The first-order valence-corrected chi connectivity index (χ1v) is 9.92. The van der Waals surface area contributed by atoms with Gasteiger partial charge in [-0.1, -0.05) is 0 Å². The number of nitrogens with zero attached hydrogens (tertiary/aromatic N) is 2. The number of halogens is 2. The van der Waals surface area contributed by atoms with Gasteiger partial charge in [-0.05, 0) is 49.8 Å². The molecule has 2 saturated heterocycles. The number of carbonyl (C=O) groups excluding carboxylic acids is 2. The molecular weight excluding hydrogens is 382 g/mol. The highest BCUT2D eigenvalue weighted by Gasteiger charge is 2.48. The second kappa shape index (κ2) is 7.74. The van der Waals surface area contributed by atoms with Gasteiger partial charge in [0.05, 0.1) is 24.8 Å². The Morgan fingerprint density at radius 1 is 1.14 bits per heavy atom. The third-order valence-corrected chi connectivity index (χ3v) is 6.22. The van der Waals surface area contributed by atoms with Crippen LogP contribution < -0.4 is 0 Å². The fourth-order valence-electron chi connectivity index (χ4n) is 4.78. The van der Waals surface area contributed by atoms with Crippen molar-refractivity contribution in [3.8, 4) is 0 Å². The number of likely N-dealkylation sites (tertiary alicyclic amines) is 1. The molecule has 0 aromatic heterocycles. The molecule has 2 bridgehead atoms. The number of piperidine rings is 1. The molecule has 2 atom stereocenters. The molecule has 0 spiro atoms. The molecule has 6 nitrogen and oxygen atoms in total. The smallest absolute Gasteiger partial charge is 0.336 e. The van der Waals surface area contributed by atoms with Crippen molar-refractivity contribution in [1.82, 2.24) is 9.80 Å². The predicted molar refractivity (Wildman–Crippen MR) is 101 cm³/mol. The summed E-state index contributed by atoms with van der Waals surface area (Å²) in [5.41, 5.74) is 0.939. The van der Waals surface area contributed by atoms with E-state index in [1.807, 2.05) is 0 Å². The van der Waals surface area contributed by atoms with Gasteiger partial charge < -0.3 is 19.6 Å². The molecule has 1 aromatic carbocycles. The summed E-state index contributed by atoms with van der Waals surface area (Å²) in [6.07, 6.45) is 2.26. The van der Waals surface area contributed by atoms with Crippen molar-refractivity contribution < 1.29 is 28.2 Å². The second-order valence-electron chi connectivity index (χ2n) is 7.87. The first kappa shape index (κ1) is 19.8. The Morgan fingerprint density at radius 3 is 2.52 bits per heavy atom. The average molecular weight is 406 g/mol. The Morgan fingerprint density at radius 2 is 1.86 bits per heavy atom. The average Bonchev–Trinajstić information content (AvgIpc) is 3.01. The molecule has 1 N–H and O–H groups in total. The number of urea groups is 1. The van der Waals surface area contributed by atoms with Crippen LogP contribution in [-0.4, -0.2) is 65.3 Å². The Hall–Kier alpha value is -2.48. The lowest BCUT2D eigenvalue weighted by Gasteiger charge is -2.41. The van der Waals surface area contributed by atoms with E-state index in [-0.39, 0.29) is 23.2 Å². The summed E-state index contributed by atoms with van der Waals surface area (Å²) in [5, 5.41) is 9.71. The third-order valence-electron chi connectivity index (χ3n) is 6.22. The van der Waals surface area contributed by atoms with Gasteiger partial charge in [-0.3, -0.25) is 0 Å². The molecule has 2 amide bonds. The molecule has 1 aromatic rings. The predicted octanol–water partition coefficient (Wildman–Crippen LogP) is 2.70. The highest BCUT2D eigenvalue weighted by molar-refractivity contribution is 6.01. The van der Waals surface area contributed by atoms with Crippen LogP contribution >= 0.6 is 0 Å². The molecule has 3 aliphatic heterocycles. The summed E-state index contributed by atoms with van der Waals surface area (Å²) in [6.45, 7) is 0.930. The van der Waals surface area contributed by atoms with Gasteiger partial charge >= 0.3 is 12.0 Å². The van der Waals surface area contributed by atoms with E-state index < -0.39 is 29.7 Å². The Bertz CT molecular complexity index is 864. The van der Waals surface area contributed by atoms with Crippen LogP contribution in [0.15, 0.2) is 23.8 Å². The number of fused-ring (bicyclic) bond motifs is 2. The van der Waals surface area contributed by atoms with Gasteiger partial charge in [0, 0.05) is 30.8 Å². The Balaban J connectivity index is 1.71. The number of hydrogen-bond donors (Lipinski definition) is 1. The number of amides is 2. The van der Waals surface area contributed by atoms with Crippen molar-refractivity contribution in [3.05, 3.63) is 41.0 Å². The van der Waals surface area contributed by atoms with E-state index in [1.165, 1.54) is 19.2 Å². The maximum absolute atomic E-state index is 14.5. The highest BCUT2D eigenvalue weighted by atomic mass is 19.1. The molecule has 0 unspecified atom stereocenters. The Labute approximate surface area is 167 Å². The van der Waals surface area contributed by atoms with Crippen molar-refractivity contribution in [1.29, 1.82) is 0 Å². The SMILES string of the molecule is COC(=O)C1=C(c2ccc(F)cc2F)C[C@@H]2CC[C@H]1N2C(=O)N1CCC(O)CC1. The van der Waals surface area contributed by atoms with E-state index in [9.17, 15) is 23.5 Å². The molecule has 0 aliphatic carbocycles. The van der Waals surface area contributed by atoms with Crippen molar-refractivity contribution in [2.24, 2.45) is 0 Å². The van der Waals surface area contributed by atoms with Gasteiger partial charge in [0.25, 0.3) is 0 Å². The van der Waals surface area contributed by atoms with Gasteiger partial charge in [-0.2, -0.15) is 0 Å². The van der Waals surface area contributed by atoms with Crippen LogP contribution in [0.4, 0.5) is 13.6 Å². The molecule has 29 heavy (non-hydrogen) atoms. The van der Waals surface area contributed by atoms with Gasteiger partial charge in [0.2, 0.25) is 0 Å². The standard InChI is InChI=1S/C21H24F2N2O4/c1-29-20(27)19-16(15-4-2-12(22)10-17(15)23)11-13-3-5-18(19)25(13)21(28)24-8-6-14(26)7-9-24/h2,4,10,13-14,18,26H,3,5-9,11H2,1H3/t13-,18+/m0/s1. The summed E-state index contributed by atoms with van der Waals surface area (Å²) < 4.78 is 32.8. The number of ether oxygens (including phenoxy) is 1. The number of methoxy groups -OCH3 is 1. The maximum atomic E-state index is 14.5. The summed E-state index contributed by atoms with van der Waals surface area (Å²) in [4.78, 5) is 29.3. The van der Waals surface area contributed by atoms with E-state index in [0.717, 1.165) is 6.07 Å². The van der Waals surface area contributed by atoms with Crippen molar-refractivity contribution >= 4 is 17.6 Å². The lowest BCUT2D eigenvalue weighted by Crippen LogP contribution is -2.54. The number of aliphatic hydroxyl groups excluding tert-OH is 1. The quantitative estimate of drug-likeness (QED) is 0.767. The minimum atomic E-state index is -0.731. The molecule has 3 heterocycles. The monoisotopic (exact) mass is 406 g/mol. The van der Waals surface area contributed by atoms with Gasteiger partial charge in [-0.15, -0.1) is 0 Å². The van der Waals surface area contributed by atoms with Crippen LogP contribution in [0.1, 0.15) is 37.7 Å². The molecule has 8 heteroatoms. The van der Waals surface area contributed by atoms with Gasteiger partial charge in [-0.25, -0.2) is 18.4 Å². The first-order chi connectivity index (χ1) is 13.9. The number of hydrogen-bond acceptors (Lipinski definition) is 4. The van der Waals surface area contributed by atoms with Crippen LogP contribution in [0.25, 0.3) is 5.57 Å². The minimum absolute atomic E-state index is 0.160. The van der Waals surface area contributed by atoms with E-state index in [4.69, 9.17) is 4.74 Å². The van der Waals surface area contributed by atoms with Crippen LogP contribution in [0.2, 0.25) is 0 Å². The van der Waals surface area contributed by atoms with E-state index in [0.29, 0.717) is 50.8 Å². The zero-order valence-electron chi connectivity index (χ0n) is 16.2.